The maximum absolute atomic E-state index is 13.8. The number of nitrogens with zero attached hydrogens (tertiary/aromatic N) is 2. The Morgan fingerprint density at radius 1 is 1.00 bits per heavy atom. The van der Waals surface area contributed by atoms with E-state index in [4.69, 9.17) is 0 Å². The van der Waals surface area contributed by atoms with Gasteiger partial charge in [0.05, 0.1) is 17.2 Å². The van der Waals surface area contributed by atoms with Gasteiger partial charge in [0, 0.05) is 23.0 Å². The van der Waals surface area contributed by atoms with Crippen LogP contribution in [0.3, 0.4) is 0 Å². The fraction of sp³-hybridized carbons (Fsp3) is 0.379. The van der Waals surface area contributed by atoms with Crippen molar-refractivity contribution < 1.29 is 35.9 Å². The van der Waals surface area contributed by atoms with Crippen molar-refractivity contribution in [3.05, 3.63) is 92.2 Å². The van der Waals surface area contributed by atoms with E-state index in [0.29, 0.717) is 31.5 Å². The molecule has 2 heterocycles. The molecule has 0 unspecified atom stereocenters. The Hall–Kier alpha value is -3.34. The number of fused-ring (bicyclic) bond motifs is 1. The summed E-state index contributed by atoms with van der Waals surface area (Å²) in [7, 11) is 0. The number of hydrogen-bond acceptors (Lipinski definition) is 3. The van der Waals surface area contributed by atoms with Gasteiger partial charge in [-0.25, -0.2) is 0 Å². The van der Waals surface area contributed by atoms with Crippen molar-refractivity contribution in [3.63, 3.8) is 0 Å². The molecule has 1 aromatic heterocycles. The predicted molar refractivity (Wildman–Crippen MR) is 140 cm³/mol. The molecule has 0 aliphatic carbocycles. The summed E-state index contributed by atoms with van der Waals surface area (Å²) >= 11 is 1.59. The molecule has 11 heteroatoms. The molecule has 40 heavy (non-hydrogen) atoms. The Bertz CT molecular complexity index is 1350. The molecule has 0 radical (unpaired) electrons. The maximum atomic E-state index is 13.8. The second-order valence-electron chi connectivity index (χ2n) is 9.93. The normalized spacial score (nSPS) is 16.4. The fourth-order valence-electron chi connectivity index (χ4n) is 4.82. The zero-order valence-electron chi connectivity index (χ0n) is 22.1. The molecule has 0 saturated carbocycles. The Balaban J connectivity index is 1.70. The second-order valence-corrected chi connectivity index (χ2v) is 10.9. The molecule has 0 saturated heterocycles. The summed E-state index contributed by atoms with van der Waals surface area (Å²) < 4.78 is 80.7. The number of hydrogen-bond donors (Lipinski definition) is 0. The lowest BCUT2D eigenvalue weighted by atomic mass is 9.92. The number of thiophene rings is 1. The Kier molecular flexibility index (Phi) is 8.35. The van der Waals surface area contributed by atoms with Crippen molar-refractivity contribution in [2.75, 3.05) is 13.1 Å². The highest BCUT2D eigenvalue weighted by Gasteiger charge is 2.39. The van der Waals surface area contributed by atoms with Crippen molar-refractivity contribution in [2.24, 2.45) is 0 Å². The molecule has 0 fully saturated rings. The number of alkyl halides is 6. The number of aryl methyl sites for hydroxylation is 1. The predicted octanol–water partition coefficient (Wildman–Crippen LogP) is 7.51. The van der Waals surface area contributed by atoms with E-state index < -0.39 is 59.5 Å². The van der Waals surface area contributed by atoms with Crippen LogP contribution >= 0.6 is 11.3 Å². The van der Waals surface area contributed by atoms with Crippen LogP contribution in [-0.4, -0.2) is 40.7 Å². The second kappa shape index (κ2) is 11.3. The van der Waals surface area contributed by atoms with Crippen LogP contribution in [-0.2, 0) is 23.6 Å². The molecule has 4 nitrogen and oxygen atoms in total. The van der Waals surface area contributed by atoms with Crippen LogP contribution in [0.2, 0.25) is 0 Å². The Labute approximate surface area is 232 Å². The number of amides is 2. The summed E-state index contributed by atoms with van der Waals surface area (Å²) in [6.45, 7) is 5.13. The maximum Gasteiger partial charge on any atom is 0.416 e. The van der Waals surface area contributed by atoms with Gasteiger partial charge in [-0.15, -0.1) is 11.3 Å². The van der Waals surface area contributed by atoms with Gasteiger partial charge in [-0.2, -0.15) is 26.3 Å². The third-order valence-electron chi connectivity index (χ3n) is 7.20. The molecule has 0 N–H and O–H groups in total. The van der Waals surface area contributed by atoms with E-state index in [2.05, 4.69) is 0 Å². The van der Waals surface area contributed by atoms with E-state index in [1.807, 2.05) is 42.6 Å². The smallest absolute Gasteiger partial charge is 0.330 e. The number of carbonyl (C=O) groups excluding carboxylic acids is 2. The average Bonchev–Trinajstić information content (AvgIpc) is 3.38. The number of benzene rings is 2. The average molecular weight is 583 g/mol. The minimum atomic E-state index is -5.10. The minimum Gasteiger partial charge on any atom is -0.330 e. The van der Waals surface area contributed by atoms with Gasteiger partial charge in [-0.05, 0) is 67.5 Å². The standard InChI is InChI=1S/C29H28F6N2O2S/c1-4-18(3)37(27(39)20-13-21(28(30,31)32)15-22(14-20)29(33,34)35)16-25(38)36-11-9-24-23(10-12-40-24)26(36)19-7-5-17(2)6-8-19/h5-8,10,12-15,18,26H,4,9,11,16H2,1-3H3/t18-,26+/m1/s1. The van der Waals surface area contributed by atoms with Gasteiger partial charge in [0.1, 0.15) is 6.54 Å². The van der Waals surface area contributed by atoms with Crippen LogP contribution < -0.4 is 0 Å². The molecule has 1 aliphatic heterocycles. The van der Waals surface area contributed by atoms with Crippen LogP contribution in [0.25, 0.3) is 0 Å². The first-order valence-electron chi connectivity index (χ1n) is 12.7. The van der Waals surface area contributed by atoms with Crippen LogP contribution in [0.1, 0.15) is 69.4 Å². The molecule has 0 spiro atoms. The van der Waals surface area contributed by atoms with Crippen molar-refractivity contribution in [1.29, 1.82) is 0 Å². The summed E-state index contributed by atoms with van der Waals surface area (Å²) in [5.41, 5.74) is -1.07. The summed E-state index contributed by atoms with van der Waals surface area (Å²) in [6, 6.07) is 9.39. The van der Waals surface area contributed by atoms with Crippen molar-refractivity contribution in [3.8, 4) is 0 Å². The van der Waals surface area contributed by atoms with E-state index in [9.17, 15) is 35.9 Å². The lowest BCUT2D eigenvalue weighted by molar-refractivity contribution is -0.143. The first-order chi connectivity index (χ1) is 18.7. The SMILES string of the molecule is CC[C@@H](C)N(CC(=O)N1CCc2sccc2[C@@H]1c1ccc(C)cc1)C(=O)c1cc(C(F)(F)F)cc(C(F)(F)F)c1. The van der Waals surface area contributed by atoms with Gasteiger partial charge in [0.2, 0.25) is 5.91 Å². The van der Waals surface area contributed by atoms with E-state index in [0.717, 1.165) is 26.5 Å². The van der Waals surface area contributed by atoms with Crippen molar-refractivity contribution >= 4 is 23.2 Å². The Morgan fingerprint density at radius 2 is 1.60 bits per heavy atom. The molecule has 2 amide bonds. The number of rotatable bonds is 6. The number of halogens is 6. The molecule has 1 aliphatic rings. The first kappa shape index (κ1) is 29.6. The lowest BCUT2D eigenvalue weighted by Gasteiger charge is -2.38. The van der Waals surface area contributed by atoms with E-state index in [-0.39, 0.29) is 6.07 Å². The molecule has 0 bridgehead atoms. The molecule has 4 rings (SSSR count). The van der Waals surface area contributed by atoms with Gasteiger partial charge in [0.15, 0.2) is 0 Å². The topological polar surface area (TPSA) is 40.6 Å². The summed E-state index contributed by atoms with van der Waals surface area (Å²) in [4.78, 5) is 31.1. The zero-order chi connectivity index (χ0) is 29.4. The monoisotopic (exact) mass is 582 g/mol. The van der Waals surface area contributed by atoms with Gasteiger partial charge in [0.25, 0.3) is 5.91 Å². The summed E-state index contributed by atoms with van der Waals surface area (Å²) in [5, 5.41) is 1.95. The highest BCUT2D eigenvalue weighted by molar-refractivity contribution is 7.10. The fourth-order valence-corrected chi connectivity index (χ4v) is 5.73. The first-order valence-corrected chi connectivity index (χ1v) is 13.6. The van der Waals surface area contributed by atoms with Crippen LogP contribution in [0.4, 0.5) is 26.3 Å². The summed E-state index contributed by atoms with van der Waals surface area (Å²) in [5.74, 6) is -1.52. The third-order valence-corrected chi connectivity index (χ3v) is 8.20. The van der Waals surface area contributed by atoms with Gasteiger partial charge < -0.3 is 9.80 Å². The molecule has 2 atom stereocenters. The van der Waals surface area contributed by atoms with E-state index in [1.165, 1.54) is 0 Å². The quantitative estimate of drug-likeness (QED) is 0.282. The van der Waals surface area contributed by atoms with Crippen molar-refractivity contribution in [2.45, 2.75) is 58.0 Å². The van der Waals surface area contributed by atoms with Gasteiger partial charge in [-0.1, -0.05) is 36.8 Å². The Morgan fingerprint density at radius 3 is 2.15 bits per heavy atom. The largest absolute Gasteiger partial charge is 0.416 e. The molecular weight excluding hydrogens is 554 g/mol. The van der Waals surface area contributed by atoms with Crippen LogP contribution in [0.5, 0.6) is 0 Å². The highest BCUT2D eigenvalue weighted by atomic mass is 32.1. The zero-order valence-corrected chi connectivity index (χ0v) is 22.9. The molecule has 214 valence electrons. The summed E-state index contributed by atoms with van der Waals surface area (Å²) in [6.07, 6.45) is -9.26. The lowest BCUT2D eigenvalue weighted by Crippen LogP contribution is -2.49. The van der Waals surface area contributed by atoms with Crippen molar-refractivity contribution in [1.82, 2.24) is 9.80 Å². The molecule has 3 aromatic rings. The third kappa shape index (κ3) is 6.19. The van der Waals surface area contributed by atoms with Crippen LogP contribution in [0.15, 0.2) is 53.9 Å². The van der Waals surface area contributed by atoms with Gasteiger partial charge >= 0.3 is 12.4 Å². The minimum absolute atomic E-state index is 0.0200. The molecule has 2 aromatic carbocycles. The molecular formula is C29H28F6N2O2S. The van der Waals surface area contributed by atoms with E-state index >= 15 is 0 Å². The van der Waals surface area contributed by atoms with Gasteiger partial charge in [-0.3, -0.25) is 9.59 Å². The number of carbonyl (C=O) groups is 2. The highest BCUT2D eigenvalue weighted by Crippen LogP contribution is 2.39. The van der Waals surface area contributed by atoms with Crippen LogP contribution in [0, 0.1) is 6.92 Å². The van der Waals surface area contributed by atoms with E-state index in [1.54, 1.807) is 30.1 Å².